The molecule has 0 aliphatic heterocycles. The van der Waals surface area contributed by atoms with Crippen LogP contribution in [0.4, 0.5) is 0 Å². The molecule has 0 saturated heterocycles. The monoisotopic (exact) mass is 333 g/mol. The van der Waals surface area contributed by atoms with Gasteiger partial charge >= 0.3 is 0 Å². The van der Waals surface area contributed by atoms with E-state index in [4.69, 9.17) is 10.2 Å². The molecule has 0 radical (unpaired) electrons. The highest BCUT2D eigenvalue weighted by Crippen LogP contribution is 2.29. The van der Waals surface area contributed by atoms with Gasteiger partial charge in [0.2, 0.25) is 19.9 Å². The molecule has 20 heavy (non-hydrogen) atoms. The van der Waals surface area contributed by atoms with E-state index in [1.165, 1.54) is 30.3 Å². The lowest BCUT2D eigenvalue weighted by Gasteiger charge is -2.02. The minimum Gasteiger partial charge on any atom is -0.392 e. The second kappa shape index (κ2) is 5.26. The van der Waals surface area contributed by atoms with Crippen LogP contribution in [0.3, 0.4) is 0 Å². The van der Waals surface area contributed by atoms with Gasteiger partial charge in [0.15, 0.2) is 0 Å². The number of hydrogen-bond donors (Lipinski definition) is 2. The number of aliphatic hydroxyl groups is 1. The SMILES string of the molecule is NS(=O)(=O)c1ccc(S(=O)(=O)c2ccc(CO)cc2)s1. The molecule has 2 aromatic rings. The molecule has 1 aromatic heterocycles. The molecule has 1 aromatic carbocycles. The van der Waals surface area contributed by atoms with Crippen LogP contribution in [0.15, 0.2) is 49.7 Å². The van der Waals surface area contributed by atoms with Crippen LogP contribution >= 0.6 is 11.3 Å². The molecule has 0 aliphatic rings. The highest BCUT2D eigenvalue weighted by atomic mass is 32.3. The molecule has 108 valence electrons. The number of primary sulfonamides is 1. The predicted octanol–water partition coefficient (Wildman–Crippen LogP) is 0.721. The van der Waals surface area contributed by atoms with Gasteiger partial charge in [-0.1, -0.05) is 12.1 Å². The fourth-order valence-corrected chi connectivity index (χ4v) is 5.08. The van der Waals surface area contributed by atoms with Gasteiger partial charge in [-0.3, -0.25) is 0 Å². The predicted molar refractivity (Wildman–Crippen MR) is 73.5 cm³/mol. The van der Waals surface area contributed by atoms with Crippen molar-refractivity contribution in [3.05, 3.63) is 42.0 Å². The van der Waals surface area contributed by atoms with Crippen molar-refractivity contribution in [3.63, 3.8) is 0 Å². The molecule has 0 spiro atoms. The number of thiophene rings is 1. The molecule has 2 rings (SSSR count). The molecule has 0 aliphatic carbocycles. The second-order valence-corrected chi connectivity index (χ2v) is 8.97. The van der Waals surface area contributed by atoms with Crippen molar-refractivity contribution in [1.29, 1.82) is 0 Å². The Hall–Kier alpha value is -1.26. The third-order valence-electron chi connectivity index (χ3n) is 2.52. The first kappa shape index (κ1) is 15.1. The average Bonchev–Trinajstić information content (AvgIpc) is 2.89. The molecule has 3 N–H and O–H groups in total. The van der Waals surface area contributed by atoms with Crippen molar-refractivity contribution >= 4 is 31.2 Å². The zero-order valence-electron chi connectivity index (χ0n) is 10.1. The molecule has 0 fully saturated rings. The molecule has 6 nitrogen and oxygen atoms in total. The van der Waals surface area contributed by atoms with Crippen molar-refractivity contribution < 1.29 is 21.9 Å². The van der Waals surface area contributed by atoms with E-state index in [1.54, 1.807) is 0 Å². The third kappa shape index (κ3) is 2.91. The first-order valence-corrected chi connectivity index (χ1v) is 9.17. The summed E-state index contributed by atoms with van der Waals surface area (Å²) in [6, 6.07) is 8.06. The largest absolute Gasteiger partial charge is 0.392 e. The highest BCUT2D eigenvalue weighted by molar-refractivity contribution is 7.95. The third-order valence-corrected chi connectivity index (χ3v) is 7.30. The van der Waals surface area contributed by atoms with Crippen molar-refractivity contribution in [2.75, 3.05) is 0 Å². The van der Waals surface area contributed by atoms with Crippen LogP contribution in [0.1, 0.15) is 5.56 Å². The molecule has 0 saturated carbocycles. The van der Waals surface area contributed by atoms with Gasteiger partial charge in [0.05, 0.1) is 11.5 Å². The zero-order valence-corrected chi connectivity index (χ0v) is 12.5. The molecule has 1 heterocycles. The number of rotatable bonds is 4. The van der Waals surface area contributed by atoms with Gasteiger partial charge in [-0.05, 0) is 29.8 Å². The van der Waals surface area contributed by atoms with E-state index in [0.29, 0.717) is 16.9 Å². The number of sulfonamides is 1. The minimum absolute atomic E-state index is 0.0255. The first-order valence-electron chi connectivity index (χ1n) is 5.32. The van der Waals surface area contributed by atoms with Gasteiger partial charge < -0.3 is 5.11 Å². The van der Waals surface area contributed by atoms with Gasteiger partial charge in [0.25, 0.3) is 0 Å². The van der Waals surface area contributed by atoms with Crippen molar-refractivity contribution in [2.24, 2.45) is 5.14 Å². The summed E-state index contributed by atoms with van der Waals surface area (Å²) >= 11 is 0.601. The quantitative estimate of drug-likeness (QED) is 0.855. The number of sulfone groups is 1. The minimum atomic E-state index is -3.91. The summed E-state index contributed by atoms with van der Waals surface area (Å²) < 4.78 is 46.6. The van der Waals surface area contributed by atoms with Gasteiger partial charge in [0.1, 0.15) is 8.42 Å². The normalized spacial score (nSPS) is 12.5. The summed E-state index contributed by atoms with van der Waals surface area (Å²) in [5.41, 5.74) is 0.584. The molecule has 0 unspecified atom stereocenters. The number of aliphatic hydroxyl groups excluding tert-OH is 1. The fourth-order valence-electron chi connectivity index (χ4n) is 1.49. The van der Waals surface area contributed by atoms with E-state index in [0.717, 1.165) is 6.07 Å². The lowest BCUT2D eigenvalue weighted by atomic mass is 10.2. The Bertz CT molecular complexity index is 819. The van der Waals surface area contributed by atoms with E-state index in [9.17, 15) is 16.8 Å². The Labute approximate surface area is 120 Å². The van der Waals surface area contributed by atoms with Gasteiger partial charge in [-0.2, -0.15) is 0 Å². The lowest BCUT2D eigenvalue weighted by Crippen LogP contribution is -2.09. The average molecular weight is 333 g/mol. The van der Waals surface area contributed by atoms with Crippen LogP contribution in [-0.2, 0) is 26.5 Å². The van der Waals surface area contributed by atoms with Gasteiger partial charge in [-0.15, -0.1) is 11.3 Å². The molecule has 0 atom stereocenters. The summed E-state index contributed by atoms with van der Waals surface area (Å²) in [6.07, 6.45) is 0. The molecule has 0 amide bonds. The van der Waals surface area contributed by atoms with E-state index in [2.05, 4.69) is 0 Å². The number of benzene rings is 1. The molecule has 9 heteroatoms. The zero-order chi connectivity index (χ0) is 15.0. The smallest absolute Gasteiger partial charge is 0.247 e. The Morgan fingerprint density at radius 2 is 1.50 bits per heavy atom. The summed E-state index contributed by atoms with van der Waals surface area (Å²) in [5, 5.41) is 13.9. The maximum Gasteiger partial charge on any atom is 0.247 e. The number of nitrogens with two attached hydrogens (primary N) is 1. The van der Waals surface area contributed by atoms with Crippen LogP contribution < -0.4 is 5.14 Å². The highest BCUT2D eigenvalue weighted by Gasteiger charge is 2.22. The van der Waals surface area contributed by atoms with Crippen LogP contribution in [0, 0.1) is 0 Å². The molecule has 0 bridgehead atoms. The van der Waals surface area contributed by atoms with E-state index in [-0.39, 0.29) is 19.9 Å². The summed E-state index contributed by atoms with van der Waals surface area (Å²) in [4.78, 5) is 0.0255. The summed E-state index contributed by atoms with van der Waals surface area (Å²) in [5.74, 6) is 0. The maximum absolute atomic E-state index is 12.3. The van der Waals surface area contributed by atoms with Crippen molar-refractivity contribution in [1.82, 2.24) is 0 Å². The topological polar surface area (TPSA) is 115 Å². The van der Waals surface area contributed by atoms with Gasteiger partial charge in [0, 0.05) is 0 Å². The Morgan fingerprint density at radius 1 is 0.950 bits per heavy atom. The fraction of sp³-hybridized carbons (Fsp3) is 0.0909. The molecular weight excluding hydrogens is 322 g/mol. The standard InChI is InChI=1S/C11H11NO5S3/c12-20(16,17)11-6-5-10(18-11)19(14,15)9-3-1-8(7-13)2-4-9/h1-6,13H,7H2,(H2,12,16,17). The van der Waals surface area contributed by atoms with Crippen LogP contribution in [0.2, 0.25) is 0 Å². The van der Waals surface area contributed by atoms with Crippen LogP contribution in [0.5, 0.6) is 0 Å². The van der Waals surface area contributed by atoms with E-state index in [1.807, 2.05) is 0 Å². The summed E-state index contributed by atoms with van der Waals surface area (Å²) in [6.45, 7) is -0.186. The molecular formula is C11H11NO5S3. The van der Waals surface area contributed by atoms with E-state index >= 15 is 0 Å². The van der Waals surface area contributed by atoms with Crippen molar-refractivity contribution in [2.45, 2.75) is 19.9 Å². The van der Waals surface area contributed by atoms with Crippen LogP contribution in [0.25, 0.3) is 0 Å². The summed E-state index contributed by atoms with van der Waals surface area (Å²) in [7, 11) is -7.70. The Morgan fingerprint density at radius 3 is 1.95 bits per heavy atom. The van der Waals surface area contributed by atoms with Crippen LogP contribution in [-0.4, -0.2) is 21.9 Å². The maximum atomic E-state index is 12.3. The second-order valence-electron chi connectivity index (χ2n) is 3.92. The lowest BCUT2D eigenvalue weighted by molar-refractivity contribution is 0.282. The number of hydrogen-bond acceptors (Lipinski definition) is 6. The Balaban J connectivity index is 2.46. The Kier molecular flexibility index (Phi) is 3.98. The van der Waals surface area contributed by atoms with Crippen molar-refractivity contribution in [3.8, 4) is 0 Å². The van der Waals surface area contributed by atoms with Gasteiger partial charge in [-0.25, -0.2) is 22.0 Å². The first-order chi connectivity index (χ1) is 9.25. The van der Waals surface area contributed by atoms with E-state index < -0.39 is 19.9 Å².